The van der Waals surface area contributed by atoms with E-state index in [1.165, 1.54) is 0 Å². The van der Waals surface area contributed by atoms with Crippen LogP contribution in [-0.4, -0.2) is 104 Å². The number of aromatic amines is 1. The van der Waals surface area contributed by atoms with Gasteiger partial charge in [0.05, 0.1) is 17.6 Å². The highest BCUT2D eigenvalue weighted by Gasteiger charge is 2.43. The number of fused-ring (bicyclic) bond motifs is 2. The van der Waals surface area contributed by atoms with Crippen LogP contribution in [0.3, 0.4) is 0 Å². The lowest BCUT2D eigenvalue weighted by atomic mass is 10.0. The van der Waals surface area contributed by atoms with E-state index in [9.17, 15) is 4.79 Å². The van der Waals surface area contributed by atoms with Crippen molar-refractivity contribution in [1.82, 2.24) is 44.9 Å². The Kier molecular flexibility index (Phi) is 7.91. The van der Waals surface area contributed by atoms with Gasteiger partial charge in [-0.1, -0.05) is 11.6 Å². The summed E-state index contributed by atoms with van der Waals surface area (Å²) in [5.41, 5.74) is 4.72. The molecular weight excluding hydrogens is 628 g/mol. The third-order valence-corrected chi connectivity index (χ3v) is 9.63. The van der Waals surface area contributed by atoms with Crippen molar-refractivity contribution >= 4 is 45.0 Å². The summed E-state index contributed by atoms with van der Waals surface area (Å²) >= 11 is 6.15. The number of methoxy groups -OCH3 is 1. The number of benzene rings is 2. The van der Waals surface area contributed by atoms with Crippen molar-refractivity contribution in [2.24, 2.45) is 0 Å². The van der Waals surface area contributed by atoms with Crippen LogP contribution in [0.25, 0.3) is 44.5 Å². The molecule has 2 aliphatic heterocycles. The number of piperazine rings is 1. The fraction of sp³-hybridized carbons (Fsp3) is 0.286. The number of pyridine rings is 1. The number of aromatic nitrogens is 7. The molecule has 242 valence electrons. The number of amides is 1. The lowest BCUT2D eigenvalue weighted by Gasteiger charge is -2.37. The minimum Gasteiger partial charge on any atom is -0.369 e. The SMILES string of the molecule is CO[C@@]1(c2ncc3cc4[nH]nc(-c5ccnc(Cl)c5)c4cc3n2)CCN(CC(=O)N2CCN(c3ccc(-c4ncccn4)cc3)CC2)C1. The Balaban J connectivity index is 0.926. The summed E-state index contributed by atoms with van der Waals surface area (Å²) in [6.07, 6.45) is 7.68. The number of nitrogens with zero attached hydrogens (tertiary/aromatic N) is 9. The standard InChI is InChI=1S/C35H33ClN10O2/c1-48-35(34-40-20-25-17-29-27(19-28(25)41-34)32(43-42-29)24-7-11-37-30(36)18-24)8-12-44(22-35)21-31(47)46-15-13-45(14-16-46)26-5-3-23(4-6-26)33-38-9-2-10-39-33/h2-7,9-11,17-20H,8,12-16,21-22H2,1H3,(H,42,43)/t35-/m0/s1. The maximum Gasteiger partial charge on any atom is 0.236 e. The van der Waals surface area contributed by atoms with Crippen molar-refractivity contribution < 1.29 is 9.53 Å². The molecule has 2 fully saturated rings. The third kappa shape index (κ3) is 5.72. The minimum atomic E-state index is -0.711. The number of likely N-dealkylation sites (tertiary alicyclic amines) is 1. The van der Waals surface area contributed by atoms with Gasteiger partial charge in [0, 0.05) is 98.8 Å². The van der Waals surface area contributed by atoms with Gasteiger partial charge in [-0.15, -0.1) is 0 Å². The van der Waals surface area contributed by atoms with Gasteiger partial charge in [0.2, 0.25) is 5.91 Å². The molecular formula is C35H33ClN10O2. The zero-order chi connectivity index (χ0) is 32.7. The summed E-state index contributed by atoms with van der Waals surface area (Å²) in [5, 5.41) is 9.88. The zero-order valence-corrected chi connectivity index (χ0v) is 27.1. The first-order chi connectivity index (χ1) is 23.5. The largest absolute Gasteiger partial charge is 0.369 e. The van der Waals surface area contributed by atoms with Crippen molar-refractivity contribution in [3.8, 4) is 22.6 Å². The Hall–Kier alpha value is -5.04. The van der Waals surface area contributed by atoms with Gasteiger partial charge >= 0.3 is 0 Å². The highest BCUT2D eigenvalue weighted by atomic mass is 35.5. The molecule has 0 spiro atoms. The quantitative estimate of drug-likeness (QED) is 0.243. The molecule has 0 bridgehead atoms. The van der Waals surface area contributed by atoms with E-state index >= 15 is 0 Å². The highest BCUT2D eigenvalue weighted by Crippen LogP contribution is 2.35. The fourth-order valence-corrected chi connectivity index (χ4v) is 6.92. The second kappa shape index (κ2) is 12.5. The summed E-state index contributed by atoms with van der Waals surface area (Å²) in [4.78, 5) is 42.4. The van der Waals surface area contributed by atoms with Crippen molar-refractivity contribution in [1.29, 1.82) is 0 Å². The van der Waals surface area contributed by atoms with E-state index in [2.05, 4.69) is 47.1 Å². The van der Waals surface area contributed by atoms with Gasteiger partial charge in [-0.3, -0.25) is 14.8 Å². The Morgan fingerprint density at radius 2 is 1.75 bits per heavy atom. The van der Waals surface area contributed by atoms with Gasteiger partial charge in [0.1, 0.15) is 16.4 Å². The van der Waals surface area contributed by atoms with Crippen molar-refractivity contribution in [2.75, 3.05) is 57.8 Å². The number of carbonyl (C=O) groups is 1. The summed E-state index contributed by atoms with van der Waals surface area (Å²) in [7, 11) is 1.70. The number of H-pyrrole nitrogens is 1. The van der Waals surface area contributed by atoms with Gasteiger partial charge in [-0.2, -0.15) is 5.10 Å². The molecule has 48 heavy (non-hydrogen) atoms. The third-order valence-electron chi connectivity index (χ3n) is 9.42. The lowest BCUT2D eigenvalue weighted by Crippen LogP contribution is -2.51. The molecule has 1 N–H and O–H groups in total. The summed E-state index contributed by atoms with van der Waals surface area (Å²) in [6.45, 7) is 4.49. The molecule has 13 heteroatoms. The normalized spacial score (nSPS) is 18.6. The molecule has 4 aromatic heterocycles. The number of hydrogen-bond donors (Lipinski definition) is 1. The second-order valence-electron chi connectivity index (χ2n) is 12.2. The van der Waals surface area contributed by atoms with E-state index in [4.69, 9.17) is 26.3 Å². The minimum absolute atomic E-state index is 0.128. The van der Waals surface area contributed by atoms with Crippen LogP contribution in [0.2, 0.25) is 5.15 Å². The molecule has 0 unspecified atom stereocenters. The lowest BCUT2D eigenvalue weighted by molar-refractivity contribution is -0.132. The van der Waals surface area contributed by atoms with Crippen LogP contribution in [0, 0.1) is 0 Å². The van der Waals surface area contributed by atoms with Crippen LogP contribution in [0.5, 0.6) is 0 Å². The van der Waals surface area contributed by atoms with Crippen molar-refractivity contribution in [3.05, 3.63) is 90.4 Å². The summed E-state index contributed by atoms with van der Waals surface area (Å²) in [6, 6.07) is 17.8. The van der Waals surface area contributed by atoms with Crippen molar-refractivity contribution in [3.63, 3.8) is 0 Å². The van der Waals surface area contributed by atoms with Crippen LogP contribution in [0.4, 0.5) is 5.69 Å². The highest BCUT2D eigenvalue weighted by molar-refractivity contribution is 6.29. The predicted molar refractivity (Wildman–Crippen MR) is 183 cm³/mol. The summed E-state index contributed by atoms with van der Waals surface area (Å²) in [5.74, 6) is 1.45. The maximum absolute atomic E-state index is 13.4. The first-order valence-corrected chi connectivity index (χ1v) is 16.3. The van der Waals surface area contributed by atoms with Gasteiger partial charge in [-0.25, -0.2) is 24.9 Å². The number of anilines is 1. The van der Waals surface area contributed by atoms with E-state index in [-0.39, 0.29) is 5.91 Å². The van der Waals surface area contributed by atoms with Crippen LogP contribution in [-0.2, 0) is 15.1 Å². The molecule has 1 atom stereocenters. The van der Waals surface area contributed by atoms with Crippen molar-refractivity contribution in [2.45, 2.75) is 12.0 Å². The van der Waals surface area contributed by atoms with E-state index in [0.717, 1.165) is 57.4 Å². The first kappa shape index (κ1) is 30.3. The zero-order valence-electron chi connectivity index (χ0n) is 26.4. The molecule has 2 saturated heterocycles. The predicted octanol–water partition coefficient (Wildman–Crippen LogP) is 4.57. The van der Waals surface area contributed by atoms with Gasteiger partial charge < -0.3 is 14.5 Å². The molecule has 1 amide bonds. The van der Waals surface area contributed by atoms with Crippen LogP contribution >= 0.6 is 11.6 Å². The Bertz CT molecular complexity index is 2100. The fourth-order valence-electron chi connectivity index (χ4n) is 6.74. The molecule has 2 aromatic carbocycles. The van der Waals surface area contributed by atoms with Crippen LogP contribution < -0.4 is 4.90 Å². The Labute approximate surface area is 281 Å². The number of nitrogens with one attached hydrogen (secondary N) is 1. The Morgan fingerprint density at radius 3 is 2.52 bits per heavy atom. The molecule has 2 aliphatic rings. The molecule has 0 radical (unpaired) electrons. The van der Waals surface area contributed by atoms with E-state index in [0.29, 0.717) is 55.9 Å². The average Bonchev–Trinajstić information content (AvgIpc) is 3.75. The molecule has 6 heterocycles. The van der Waals surface area contributed by atoms with Gasteiger partial charge in [0.25, 0.3) is 0 Å². The Morgan fingerprint density at radius 1 is 0.938 bits per heavy atom. The molecule has 0 saturated carbocycles. The topological polar surface area (TPSA) is 129 Å². The molecule has 0 aliphatic carbocycles. The van der Waals surface area contributed by atoms with E-state index in [1.807, 2.05) is 47.5 Å². The van der Waals surface area contributed by atoms with E-state index in [1.54, 1.807) is 31.8 Å². The van der Waals surface area contributed by atoms with Crippen LogP contribution in [0.1, 0.15) is 12.2 Å². The number of halogens is 1. The van der Waals surface area contributed by atoms with Gasteiger partial charge in [-0.05, 0) is 61.0 Å². The first-order valence-electron chi connectivity index (χ1n) is 15.9. The second-order valence-corrected chi connectivity index (χ2v) is 12.6. The molecule has 8 rings (SSSR count). The average molecular weight is 661 g/mol. The number of carbonyl (C=O) groups excluding carboxylic acids is 1. The number of hydrogen-bond acceptors (Lipinski definition) is 10. The number of rotatable bonds is 7. The number of ether oxygens (including phenoxy) is 1. The molecule has 6 aromatic rings. The maximum atomic E-state index is 13.4. The van der Waals surface area contributed by atoms with Crippen LogP contribution in [0.15, 0.2) is 79.4 Å². The van der Waals surface area contributed by atoms with Gasteiger partial charge in [0.15, 0.2) is 11.6 Å². The summed E-state index contributed by atoms with van der Waals surface area (Å²) < 4.78 is 6.12. The van der Waals surface area contributed by atoms with E-state index < -0.39 is 5.60 Å². The molecule has 12 nitrogen and oxygen atoms in total. The monoisotopic (exact) mass is 660 g/mol. The smallest absolute Gasteiger partial charge is 0.236 e.